The van der Waals surface area contributed by atoms with Crippen LogP contribution in [-0.2, 0) is 24.3 Å². The van der Waals surface area contributed by atoms with Gasteiger partial charge in [0.2, 0.25) is 5.91 Å². The molecule has 0 unspecified atom stereocenters. The predicted octanol–water partition coefficient (Wildman–Crippen LogP) is 4.90. The van der Waals surface area contributed by atoms with Gasteiger partial charge >= 0.3 is 0 Å². The molecule has 0 spiro atoms. The van der Waals surface area contributed by atoms with Gasteiger partial charge in [-0.25, -0.2) is 4.98 Å². The lowest BCUT2D eigenvalue weighted by atomic mass is 10.1. The van der Waals surface area contributed by atoms with Gasteiger partial charge in [0, 0.05) is 28.9 Å². The van der Waals surface area contributed by atoms with E-state index in [0.717, 1.165) is 39.1 Å². The second-order valence-electron chi connectivity index (χ2n) is 7.52. The maximum Gasteiger partial charge on any atom is 0.220 e. The Morgan fingerprint density at radius 3 is 2.71 bits per heavy atom. The van der Waals surface area contributed by atoms with Gasteiger partial charge in [-0.3, -0.25) is 9.48 Å². The van der Waals surface area contributed by atoms with Gasteiger partial charge in [0.1, 0.15) is 0 Å². The Morgan fingerprint density at radius 2 is 2.04 bits per heavy atom. The van der Waals surface area contributed by atoms with E-state index in [2.05, 4.69) is 58.4 Å². The van der Waals surface area contributed by atoms with Crippen LogP contribution < -0.4 is 5.32 Å². The first kappa shape index (κ1) is 20.7. The zero-order valence-electron chi connectivity index (χ0n) is 17.2. The smallest absolute Gasteiger partial charge is 0.220 e. The van der Waals surface area contributed by atoms with E-state index >= 15 is 0 Å². The number of rotatable bonds is 8. The van der Waals surface area contributed by atoms with Gasteiger partial charge in [0.25, 0.3) is 0 Å². The minimum absolute atomic E-state index is 0.0786. The first-order chi connectivity index (χ1) is 13.3. The van der Waals surface area contributed by atoms with Crippen molar-refractivity contribution in [1.29, 1.82) is 0 Å². The Bertz CT molecular complexity index is 952. The molecule has 3 heterocycles. The van der Waals surface area contributed by atoms with Gasteiger partial charge in [-0.15, -0.1) is 22.7 Å². The average molecular weight is 417 g/mol. The summed E-state index contributed by atoms with van der Waals surface area (Å²) >= 11 is 3.34. The average Bonchev–Trinajstić information content (AvgIpc) is 3.32. The van der Waals surface area contributed by atoms with Gasteiger partial charge in [-0.1, -0.05) is 13.8 Å². The van der Waals surface area contributed by atoms with Crippen LogP contribution in [-0.4, -0.2) is 20.7 Å². The first-order valence-electron chi connectivity index (χ1n) is 9.64. The van der Waals surface area contributed by atoms with E-state index in [1.54, 1.807) is 22.7 Å². The third-order valence-electron chi connectivity index (χ3n) is 4.66. The van der Waals surface area contributed by atoms with Crippen LogP contribution in [0.4, 0.5) is 0 Å². The monoisotopic (exact) mass is 416 g/mol. The number of hydrogen-bond donors (Lipinski definition) is 1. The van der Waals surface area contributed by atoms with E-state index < -0.39 is 0 Å². The molecule has 150 valence electrons. The minimum atomic E-state index is 0.0786. The van der Waals surface area contributed by atoms with Crippen molar-refractivity contribution in [2.45, 2.75) is 60.5 Å². The van der Waals surface area contributed by atoms with Crippen LogP contribution in [0.15, 0.2) is 17.5 Å². The van der Waals surface area contributed by atoms with Crippen molar-refractivity contribution < 1.29 is 4.79 Å². The Hall–Kier alpha value is -1.99. The molecule has 0 fully saturated rings. The Balaban J connectivity index is 1.52. The second-order valence-corrected chi connectivity index (χ2v) is 9.75. The number of aryl methyl sites for hydroxylation is 2. The molecule has 0 saturated heterocycles. The van der Waals surface area contributed by atoms with E-state index in [4.69, 9.17) is 0 Å². The third kappa shape index (κ3) is 5.08. The molecular weight excluding hydrogens is 388 g/mol. The second kappa shape index (κ2) is 9.01. The number of amides is 1. The summed E-state index contributed by atoms with van der Waals surface area (Å²) in [6.07, 6.45) is 1.22. The van der Waals surface area contributed by atoms with Gasteiger partial charge in [0.05, 0.1) is 27.8 Å². The van der Waals surface area contributed by atoms with Gasteiger partial charge in [-0.2, -0.15) is 5.10 Å². The Labute approximate surface area is 174 Å². The zero-order chi connectivity index (χ0) is 20.3. The molecule has 3 rings (SSSR count). The third-order valence-corrected chi connectivity index (χ3v) is 6.55. The summed E-state index contributed by atoms with van der Waals surface area (Å²) in [7, 11) is 0. The number of nitrogens with one attached hydrogen (secondary N) is 1. The van der Waals surface area contributed by atoms with Gasteiger partial charge in [0.15, 0.2) is 0 Å². The fourth-order valence-electron chi connectivity index (χ4n) is 3.22. The summed E-state index contributed by atoms with van der Waals surface area (Å²) in [5.74, 6) is 0.632. The number of aromatic nitrogens is 3. The summed E-state index contributed by atoms with van der Waals surface area (Å²) in [6, 6.07) is 4.15. The van der Waals surface area contributed by atoms with Crippen LogP contribution >= 0.6 is 22.7 Å². The molecule has 3 aromatic rings. The lowest BCUT2D eigenvalue weighted by Gasteiger charge is -2.08. The van der Waals surface area contributed by atoms with E-state index in [1.807, 2.05) is 13.8 Å². The SMILES string of the molecule is Cc1nc(-c2ccc(CNC(=O)CCc3c(C)nn(CC(C)C)c3C)s2)cs1. The number of carbonyl (C=O) groups excluding carboxylic acids is 1. The van der Waals surface area contributed by atoms with E-state index in [9.17, 15) is 4.79 Å². The first-order valence-corrected chi connectivity index (χ1v) is 11.3. The summed E-state index contributed by atoms with van der Waals surface area (Å²) in [5, 5.41) is 10.8. The lowest BCUT2D eigenvalue weighted by Crippen LogP contribution is -2.22. The highest BCUT2D eigenvalue weighted by molar-refractivity contribution is 7.16. The van der Waals surface area contributed by atoms with Crippen LogP contribution in [0.1, 0.15) is 47.1 Å². The fraction of sp³-hybridized carbons (Fsp3) is 0.476. The molecule has 0 atom stereocenters. The van der Waals surface area contributed by atoms with Crippen LogP contribution in [0.2, 0.25) is 0 Å². The van der Waals surface area contributed by atoms with Crippen molar-refractivity contribution >= 4 is 28.6 Å². The molecular formula is C21H28N4OS2. The molecule has 0 aliphatic rings. The number of thiazole rings is 1. The Kier molecular flexibility index (Phi) is 6.67. The molecule has 0 saturated carbocycles. The molecule has 0 radical (unpaired) electrons. The van der Waals surface area contributed by atoms with E-state index in [1.165, 1.54) is 11.3 Å². The standard InChI is InChI=1S/C21H28N4OS2/c1-13(2)11-25-15(4)18(14(3)24-25)7-9-21(26)22-10-17-6-8-20(28-17)19-12-27-16(5)23-19/h6,8,12-13H,7,9-11H2,1-5H3,(H,22,26). The topological polar surface area (TPSA) is 59.8 Å². The number of hydrogen-bond acceptors (Lipinski definition) is 5. The summed E-state index contributed by atoms with van der Waals surface area (Å²) in [6.45, 7) is 12.0. The molecule has 0 bridgehead atoms. The van der Waals surface area contributed by atoms with Crippen molar-refractivity contribution in [3.63, 3.8) is 0 Å². The Morgan fingerprint density at radius 1 is 1.25 bits per heavy atom. The molecule has 28 heavy (non-hydrogen) atoms. The minimum Gasteiger partial charge on any atom is -0.351 e. The molecule has 5 nitrogen and oxygen atoms in total. The summed E-state index contributed by atoms with van der Waals surface area (Å²) < 4.78 is 2.07. The highest BCUT2D eigenvalue weighted by Crippen LogP contribution is 2.29. The number of carbonyl (C=O) groups is 1. The molecule has 1 amide bonds. The quantitative estimate of drug-likeness (QED) is 0.568. The van der Waals surface area contributed by atoms with Crippen molar-refractivity contribution in [3.8, 4) is 10.6 Å². The van der Waals surface area contributed by atoms with Gasteiger partial charge < -0.3 is 5.32 Å². The van der Waals surface area contributed by atoms with E-state index in [-0.39, 0.29) is 5.91 Å². The van der Waals surface area contributed by atoms with E-state index in [0.29, 0.717) is 18.9 Å². The summed E-state index contributed by atoms with van der Waals surface area (Å²) in [4.78, 5) is 19.1. The van der Waals surface area contributed by atoms with Crippen LogP contribution in [0, 0.1) is 26.7 Å². The highest BCUT2D eigenvalue weighted by Gasteiger charge is 2.14. The highest BCUT2D eigenvalue weighted by atomic mass is 32.1. The molecule has 0 aliphatic carbocycles. The lowest BCUT2D eigenvalue weighted by molar-refractivity contribution is -0.121. The maximum atomic E-state index is 12.3. The largest absolute Gasteiger partial charge is 0.351 e. The van der Waals surface area contributed by atoms with Crippen molar-refractivity contribution in [2.24, 2.45) is 5.92 Å². The molecule has 0 aliphatic heterocycles. The molecule has 1 N–H and O–H groups in total. The van der Waals surface area contributed by atoms with Gasteiger partial charge in [-0.05, 0) is 50.8 Å². The number of thiophene rings is 1. The normalized spacial score (nSPS) is 11.4. The molecule has 0 aromatic carbocycles. The van der Waals surface area contributed by atoms with Crippen LogP contribution in [0.25, 0.3) is 10.6 Å². The maximum absolute atomic E-state index is 12.3. The van der Waals surface area contributed by atoms with Crippen LogP contribution in [0.5, 0.6) is 0 Å². The van der Waals surface area contributed by atoms with Crippen molar-refractivity contribution in [3.05, 3.63) is 44.3 Å². The van der Waals surface area contributed by atoms with Crippen molar-refractivity contribution in [2.75, 3.05) is 0 Å². The van der Waals surface area contributed by atoms with Crippen LogP contribution in [0.3, 0.4) is 0 Å². The molecule has 3 aromatic heterocycles. The van der Waals surface area contributed by atoms with Crippen molar-refractivity contribution in [1.82, 2.24) is 20.1 Å². The predicted molar refractivity (Wildman–Crippen MR) is 117 cm³/mol. The molecule has 7 heteroatoms. The number of nitrogens with zero attached hydrogens (tertiary/aromatic N) is 3. The summed E-state index contributed by atoms with van der Waals surface area (Å²) in [5.41, 5.74) is 4.44. The zero-order valence-corrected chi connectivity index (χ0v) is 18.8. The fourth-order valence-corrected chi connectivity index (χ4v) is 4.81.